The number of rotatable bonds is 6. The van der Waals surface area contributed by atoms with Gasteiger partial charge in [0.25, 0.3) is 0 Å². The van der Waals surface area contributed by atoms with Crippen LogP contribution in [0.3, 0.4) is 0 Å². The number of amidine groups is 1. The third-order valence-corrected chi connectivity index (χ3v) is 5.98. The van der Waals surface area contributed by atoms with Gasteiger partial charge in [0.15, 0.2) is 0 Å². The molecule has 4 aliphatic rings. The van der Waals surface area contributed by atoms with E-state index in [0.29, 0.717) is 6.67 Å². The minimum absolute atomic E-state index is 0.0133. The molecule has 1 saturated heterocycles. The summed E-state index contributed by atoms with van der Waals surface area (Å²) in [4.78, 5) is 7.07. The van der Waals surface area contributed by atoms with Crippen molar-refractivity contribution in [2.45, 2.75) is 39.8 Å². The summed E-state index contributed by atoms with van der Waals surface area (Å²) in [5, 5.41) is 14.0. The van der Waals surface area contributed by atoms with Gasteiger partial charge < -0.3 is 30.9 Å². The molecule has 7 heteroatoms. The molecule has 1 unspecified atom stereocenters. The first-order valence-electron chi connectivity index (χ1n) is 11.8. The first-order chi connectivity index (χ1) is 16.1. The largest absolute Gasteiger partial charge is 0.378 e. The molecule has 0 radical (unpaired) electrons. The van der Waals surface area contributed by atoms with Gasteiger partial charge in [-0.1, -0.05) is 24.3 Å². The zero-order valence-electron chi connectivity index (χ0n) is 19.9. The van der Waals surface area contributed by atoms with Crippen LogP contribution in [0.15, 0.2) is 87.7 Å². The molecule has 0 bridgehead atoms. The van der Waals surface area contributed by atoms with Crippen LogP contribution in [0.4, 0.5) is 0 Å². The van der Waals surface area contributed by atoms with E-state index in [0.717, 1.165) is 67.8 Å². The molecule has 0 spiro atoms. The van der Waals surface area contributed by atoms with E-state index in [1.165, 1.54) is 11.3 Å². The van der Waals surface area contributed by atoms with Crippen molar-refractivity contribution in [2.24, 2.45) is 4.99 Å². The van der Waals surface area contributed by atoms with Crippen molar-refractivity contribution >= 4 is 5.84 Å². The van der Waals surface area contributed by atoms with E-state index < -0.39 is 0 Å². The molecule has 0 saturated carbocycles. The molecule has 4 N–H and O–H groups in total. The maximum absolute atomic E-state index is 5.51. The van der Waals surface area contributed by atoms with Gasteiger partial charge in [0.2, 0.25) is 0 Å². The lowest BCUT2D eigenvalue weighted by molar-refractivity contribution is 0.0528. The number of nitrogens with one attached hydrogen (secondary N) is 4. The molecule has 7 nitrogen and oxygen atoms in total. The smallest absolute Gasteiger partial charge is 0.149 e. The van der Waals surface area contributed by atoms with Crippen LogP contribution in [0, 0.1) is 0 Å². The lowest BCUT2D eigenvalue weighted by atomic mass is 10.2. The van der Waals surface area contributed by atoms with Gasteiger partial charge >= 0.3 is 0 Å². The SMILES string of the molecule is CC1=C(NC(C)NC2=NCN/C2=C(/C)NC2=CC=CCC=C2)C=CCC(N2CCOCC2)=C1. The van der Waals surface area contributed by atoms with Crippen molar-refractivity contribution in [1.29, 1.82) is 0 Å². The predicted molar refractivity (Wildman–Crippen MR) is 135 cm³/mol. The molecule has 1 fully saturated rings. The fourth-order valence-corrected chi connectivity index (χ4v) is 4.25. The van der Waals surface area contributed by atoms with Crippen LogP contribution in [0.2, 0.25) is 0 Å². The van der Waals surface area contributed by atoms with Crippen LogP contribution < -0.4 is 21.3 Å². The van der Waals surface area contributed by atoms with Crippen LogP contribution in [-0.4, -0.2) is 49.9 Å². The normalized spacial score (nSPS) is 23.1. The molecule has 4 rings (SSSR count). The summed E-state index contributed by atoms with van der Waals surface area (Å²) in [5.74, 6) is 0.870. The van der Waals surface area contributed by atoms with Gasteiger partial charge in [-0.15, -0.1) is 0 Å². The fourth-order valence-electron chi connectivity index (χ4n) is 4.25. The van der Waals surface area contributed by atoms with Crippen molar-refractivity contribution in [2.75, 3.05) is 33.0 Å². The second-order valence-electron chi connectivity index (χ2n) is 8.60. The monoisotopic (exact) mass is 448 g/mol. The molecule has 0 aromatic carbocycles. The van der Waals surface area contributed by atoms with Crippen LogP contribution in [0.25, 0.3) is 0 Å². The maximum Gasteiger partial charge on any atom is 0.149 e. The van der Waals surface area contributed by atoms with Crippen LogP contribution >= 0.6 is 0 Å². The number of nitrogens with zero attached hydrogens (tertiary/aromatic N) is 2. The quantitative estimate of drug-likeness (QED) is 0.468. The van der Waals surface area contributed by atoms with Crippen molar-refractivity contribution in [1.82, 2.24) is 26.2 Å². The first-order valence-corrected chi connectivity index (χ1v) is 11.8. The highest BCUT2D eigenvalue weighted by Gasteiger charge is 2.19. The highest BCUT2D eigenvalue weighted by Crippen LogP contribution is 2.20. The van der Waals surface area contributed by atoms with Gasteiger partial charge in [-0.05, 0) is 57.1 Å². The molecule has 0 aromatic heterocycles. The lowest BCUT2D eigenvalue weighted by Crippen LogP contribution is -2.44. The molecule has 33 heavy (non-hydrogen) atoms. The Labute approximate surface area is 197 Å². The van der Waals surface area contributed by atoms with Gasteiger partial charge in [0.1, 0.15) is 12.5 Å². The summed E-state index contributed by atoms with van der Waals surface area (Å²) in [6, 6.07) is 0. The Bertz CT molecular complexity index is 973. The summed E-state index contributed by atoms with van der Waals surface area (Å²) in [5.41, 5.74) is 6.84. The van der Waals surface area contributed by atoms with Crippen LogP contribution in [0.5, 0.6) is 0 Å². The molecule has 0 aromatic rings. The van der Waals surface area contributed by atoms with Crippen molar-refractivity contribution in [3.63, 3.8) is 0 Å². The number of hydrogen-bond donors (Lipinski definition) is 4. The van der Waals surface area contributed by atoms with E-state index in [1.807, 2.05) is 0 Å². The van der Waals surface area contributed by atoms with Crippen LogP contribution in [-0.2, 0) is 4.74 Å². The molecule has 0 amide bonds. The summed E-state index contributed by atoms with van der Waals surface area (Å²) in [6.07, 6.45) is 19.2. The maximum atomic E-state index is 5.51. The number of aliphatic imine (C=N–C) groups is 1. The Morgan fingerprint density at radius 3 is 2.85 bits per heavy atom. The molecular formula is C26H36N6O. The third kappa shape index (κ3) is 6.20. The Balaban J connectivity index is 1.40. The van der Waals surface area contributed by atoms with E-state index in [2.05, 4.69) is 101 Å². The Hall–Kier alpha value is -3.19. The third-order valence-electron chi connectivity index (χ3n) is 5.98. The summed E-state index contributed by atoms with van der Waals surface area (Å²) in [7, 11) is 0. The number of morpholine rings is 1. The molecular weight excluding hydrogens is 412 g/mol. The summed E-state index contributed by atoms with van der Waals surface area (Å²) < 4.78 is 5.51. The first kappa shape index (κ1) is 23.0. The van der Waals surface area contributed by atoms with Gasteiger partial charge in [-0.2, -0.15) is 0 Å². The molecule has 2 aliphatic heterocycles. The van der Waals surface area contributed by atoms with Crippen molar-refractivity contribution in [3.05, 3.63) is 82.7 Å². The standard InChI is InChI=1S/C26H36N6O/c1-19-17-23(32-13-15-33-16-14-32)11-8-12-24(19)30-21(3)31-26-25(27-18-28-26)20(2)29-22-9-6-4-5-7-10-22/h4,6-10,12,17,21,27,29-30H,5,11,13-16,18H2,1-3H3,(H,28,31)/b25-20-. The Morgan fingerprint density at radius 2 is 2.00 bits per heavy atom. The minimum Gasteiger partial charge on any atom is -0.378 e. The average Bonchev–Trinajstić information content (AvgIpc) is 3.00. The highest BCUT2D eigenvalue weighted by molar-refractivity contribution is 5.99. The second-order valence-corrected chi connectivity index (χ2v) is 8.60. The molecule has 2 heterocycles. The zero-order chi connectivity index (χ0) is 23.0. The zero-order valence-corrected chi connectivity index (χ0v) is 19.9. The van der Waals surface area contributed by atoms with Crippen molar-refractivity contribution < 1.29 is 4.74 Å². The van der Waals surface area contributed by atoms with Gasteiger partial charge in [0.05, 0.1) is 25.1 Å². The number of ether oxygens (including phenoxy) is 1. The predicted octanol–water partition coefficient (Wildman–Crippen LogP) is 3.14. The lowest BCUT2D eigenvalue weighted by Gasteiger charge is -2.30. The summed E-state index contributed by atoms with van der Waals surface area (Å²) in [6.45, 7) is 10.5. The van der Waals surface area contributed by atoms with E-state index in [-0.39, 0.29) is 6.17 Å². The van der Waals surface area contributed by atoms with Gasteiger partial charge in [-0.25, -0.2) is 4.99 Å². The van der Waals surface area contributed by atoms with Crippen molar-refractivity contribution in [3.8, 4) is 0 Å². The molecule has 2 aliphatic carbocycles. The van der Waals surface area contributed by atoms with Crippen LogP contribution in [0.1, 0.15) is 33.6 Å². The Kier molecular flexibility index (Phi) is 7.73. The minimum atomic E-state index is 0.0133. The highest BCUT2D eigenvalue weighted by atomic mass is 16.5. The molecule has 1 atom stereocenters. The second kappa shape index (κ2) is 11.1. The number of allylic oxidation sites excluding steroid dienone is 10. The molecule has 176 valence electrons. The number of hydrogen-bond acceptors (Lipinski definition) is 7. The average molecular weight is 449 g/mol. The fraction of sp³-hybridized carbons (Fsp3) is 0.423. The van der Waals surface area contributed by atoms with E-state index >= 15 is 0 Å². The Morgan fingerprint density at radius 1 is 1.15 bits per heavy atom. The van der Waals surface area contributed by atoms with Gasteiger partial charge in [0, 0.05) is 42.3 Å². The van der Waals surface area contributed by atoms with E-state index in [4.69, 9.17) is 4.74 Å². The topological polar surface area (TPSA) is 73.0 Å². The van der Waals surface area contributed by atoms with Gasteiger partial charge in [-0.3, -0.25) is 0 Å². The van der Waals surface area contributed by atoms with E-state index in [1.54, 1.807) is 0 Å². The van der Waals surface area contributed by atoms with E-state index in [9.17, 15) is 0 Å². The summed E-state index contributed by atoms with van der Waals surface area (Å²) >= 11 is 0.